The zero-order valence-corrected chi connectivity index (χ0v) is 7.50. The van der Waals surface area contributed by atoms with Crippen LogP contribution in [0.25, 0.3) is 0 Å². The van der Waals surface area contributed by atoms with Crippen LogP contribution in [0.4, 0.5) is 8.78 Å². The second kappa shape index (κ2) is 7.06. The smallest absolute Gasteiger partial charge is 0.211 e. The Hall–Kier alpha value is -1.38. The van der Waals surface area contributed by atoms with Gasteiger partial charge in [0.1, 0.15) is 0 Å². The van der Waals surface area contributed by atoms with Gasteiger partial charge in [-0.2, -0.15) is 0 Å². The van der Waals surface area contributed by atoms with Crippen LogP contribution in [0.5, 0.6) is 0 Å². The highest BCUT2D eigenvalue weighted by Crippen LogP contribution is 2.24. The van der Waals surface area contributed by atoms with E-state index >= 15 is 0 Å². The molecule has 0 saturated heterocycles. The summed E-state index contributed by atoms with van der Waals surface area (Å²) in [5.74, 6) is -2.86. The first-order valence-corrected chi connectivity index (χ1v) is 4.07. The molecule has 0 radical (unpaired) electrons. The highest BCUT2D eigenvalue weighted by atomic mass is 19.3. The SMILES string of the molecule is O=C=NCCCC(F)(F)CCN=C=O. The van der Waals surface area contributed by atoms with E-state index in [4.69, 9.17) is 0 Å². The third-order valence-electron chi connectivity index (χ3n) is 1.53. The molecule has 0 heterocycles. The summed E-state index contributed by atoms with van der Waals surface area (Å²) in [5.41, 5.74) is 0. The summed E-state index contributed by atoms with van der Waals surface area (Å²) in [4.78, 5) is 25.4. The highest BCUT2D eigenvalue weighted by Gasteiger charge is 2.27. The third-order valence-corrected chi connectivity index (χ3v) is 1.53. The van der Waals surface area contributed by atoms with Crippen molar-refractivity contribution in [3.05, 3.63) is 0 Å². The summed E-state index contributed by atoms with van der Waals surface area (Å²) in [5, 5.41) is 0. The fourth-order valence-electron chi connectivity index (χ4n) is 0.853. The van der Waals surface area contributed by atoms with Crippen LogP contribution in [0, 0.1) is 0 Å². The minimum absolute atomic E-state index is 0.0516. The van der Waals surface area contributed by atoms with E-state index in [0.717, 1.165) is 0 Å². The van der Waals surface area contributed by atoms with Gasteiger partial charge < -0.3 is 0 Å². The van der Waals surface area contributed by atoms with E-state index in [1.165, 1.54) is 12.2 Å². The van der Waals surface area contributed by atoms with E-state index in [1.807, 2.05) is 0 Å². The van der Waals surface area contributed by atoms with Crippen molar-refractivity contribution in [2.45, 2.75) is 25.2 Å². The van der Waals surface area contributed by atoms with Crippen LogP contribution in [0.3, 0.4) is 0 Å². The molecule has 0 amide bonds. The number of rotatable bonds is 7. The molecule has 0 spiro atoms. The molecule has 0 N–H and O–H groups in total. The largest absolute Gasteiger partial charge is 0.250 e. The quantitative estimate of drug-likeness (QED) is 0.358. The number of halogens is 2. The van der Waals surface area contributed by atoms with E-state index in [1.54, 1.807) is 0 Å². The van der Waals surface area contributed by atoms with Gasteiger partial charge in [0.15, 0.2) is 0 Å². The van der Waals surface area contributed by atoms with E-state index < -0.39 is 12.3 Å². The Balaban J connectivity index is 3.70. The minimum atomic E-state index is -2.86. The van der Waals surface area contributed by atoms with Crippen molar-refractivity contribution in [3.63, 3.8) is 0 Å². The molecule has 14 heavy (non-hydrogen) atoms. The summed E-state index contributed by atoms with van der Waals surface area (Å²) in [6.45, 7) is -0.177. The summed E-state index contributed by atoms with van der Waals surface area (Å²) in [6.07, 6.45) is 1.73. The molecule has 0 rings (SSSR count). The van der Waals surface area contributed by atoms with Gasteiger partial charge in [-0.05, 0) is 6.42 Å². The molecule has 0 aromatic heterocycles. The first-order chi connectivity index (χ1) is 6.62. The maximum absolute atomic E-state index is 12.8. The van der Waals surface area contributed by atoms with E-state index in [2.05, 4.69) is 9.98 Å². The number of alkyl halides is 2. The predicted molar refractivity (Wildman–Crippen MR) is 44.8 cm³/mol. The molecule has 0 bridgehead atoms. The van der Waals surface area contributed by atoms with Crippen LogP contribution in [0.15, 0.2) is 9.98 Å². The van der Waals surface area contributed by atoms with Crippen LogP contribution in [0.1, 0.15) is 19.3 Å². The molecule has 0 atom stereocenters. The van der Waals surface area contributed by atoms with Gasteiger partial charge in [0.05, 0.1) is 13.1 Å². The van der Waals surface area contributed by atoms with Gasteiger partial charge in [0, 0.05) is 12.8 Å². The Morgan fingerprint density at radius 1 is 1.00 bits per heavy atom. The molecule has 0 aliphatic heterocycles. The van der Waals surface area contributed by atoms with Crippen LogP contribution < -0.4 is 0 Å². The normalized spacial score (nSPS) is 10.1. The second-order valence-electron chi connectivity index (χ2n) is 2.66. The van der Waals surface area contributed by atoms with Crippen molar-refractivity contribution in [1.29, 1.82) is 0 Å². The van der Waals surface area contributed by atoms with Gasteiger partial charge in [-0.3, -0.25) is 0 Å². The van der Waals surface area contributed by atoms with Gasteiger partial charge in [-0.1, -0.05) is 0 Å². The van der Waals surface area contributed by atoms with Crippen molar-refractivity contribution in [1.82, 2.24) is 0 Å². The van der Waals surface area contributed by atoms with Gasteiger partial charge in [0.25, 0.3) is 0 Å². The first-order valence-electron chi connectivity index (χ1n) is 4.07. The van der Waals surface area contributed by atoms with Crippen molar-refractivity contribution in [3.8, 4) is 0 Å². The topological polar surface area (TPSA) is 58.9 Å². The maximum atomic E-state index is 12.8. The predicted octanol–water partition coefficient (Wildman–Crippen LogP) is 1.46. The first kappa shape index (κ1) is 12.6. The molecule has 0 aromatic carbocycles. The monoisotopic (exact) mass is 204 g/mol. The molecule has 0 aliphatic carbocycles. The second-order valence-corrected chi connectivity index (χ2v) is 2.66. The molecule has 0 fully saturated rings. The summed E-state index contributed by atoms with van der Waals surface area (Å²) >= 11 is 0. The number of hydrogen-bond donors (Lipinski definition) is 0. The zero-order chi connectivity index (χ0) is 10.9. The number of isocyanates is 2. The fraction of sp³-hybridized carbons (Fsp3) is 0.750. The van der Waals surface area contributed by atoms with Crippen LogP contribution in [-0.2, 0) is 9.59 Å². The van der Waals surface area contributed by atoms with Gasteiger partial charge in [0.2, 0.25) is 18.1 Å². The highest BCUT2D eigenvalue weighted by molar-refractivity contribution is 5.33. The number of nitrogens with zero attached hydrogens (tertiary/aromatic N) is 2. The number of hydrogen-bond acceptors (Lipinski definition) is 4. The van der Waals surface area contributed by atoms with Gasteiger partial charge in [-0.15, -0.1) is 0 Å². The summed E-state index contributed by atoms with van der Waals surface area (Å²) in [6, 6.07) is 0. The number of aliphatic imine (C=N–C) groups is 2. The van der Waals surface area contributed by atoms with E-state index in [-0.39, 0.29) is 25.9 Å². The lowest BCUT2D eigenvalue weighted by Crippen LogP contribution is -2.17. The average molecular weight is 204 g/mol. The lowest BCUT2D eigenvalue weighted by molar-refractivity contribution is -0.0146. The van der Waals surface area contributed by atoms with Crippen molar-refractivity contribution in [2.24, 2.45) is 9.98 Å². The molecule has 0 aromatic rings. The molecule has 0 aliphatic rings. The standard InChI is InChI=1S/C8H10F2N2O2/c9-8(10,3-5-12-7-14)2-1-4-11-6-13/h1-5H2. The average Bonchev–Trinajstić information content (AvgIpc) is 2.13. The summed E-state index contributed by atoms with van der Waals surface area (Å²) < 4.78 is 25.7. The van der Waals surface area contributed by atoms with Crippen molar-refractivity contribution < 1.29 is 18.4 Å². The van der Waals surface area contributed by atoms with Gasteiger partial charge in [-0.25, -0.2) is 28.4 Å². The zero-order valence-electron chi connectivity index (χ0n) is 7.50. The molecule has 6 heteroatoms. The Morgan fingerprint density at radius 3 is 2.14 bits per heavy atom. The molecular formula is C8H10F2N2O2. The van der Waals surface area contributed by atoms with Gasteiger partial charge >= 0.3 is 0 Å². The third kappa shape index (κ3) is 7.28. The lowest BCUT2D eigenvalue weighted by atomic mass is 10.1. The van der Waals surface area contributed by atoms with Crippen molar-refractivity contribution >= 4 is 12.2 Å². The molecule has 78 valence electrons. The minimum Gasteiger partial charge on any atom is -0.211 e. The molecule has 0 saturated carbocycles. The molecular weight excluding hydrogens is 194 g/mol. The Bertz CT molecular complexity index is 256. The lowest BCUT2D eigenvalue weighted by Gasteiger charge is -2.13. The van der Waals surface area contributed by atoms with E-state index in [0.29, 0.717) is 0 Å². The Kier molecular flexibility index (Phi) is 6.37. The van der Waals surface area contributed by atoms with Crippen LogP contribution >= 0.6 is 0 Å². The van der Waals surface area contributed by atoms with Crippen molar-refractivity contribution in [2.75, 3.05) is 13.1 Å². The molecule has 0 unspecified atom stereocenters. The van der Waals surface area contributed by atoms with Crippen LogP contribution in [0.2, 0.25) is 0 Å². The maximum Gasteiger partial charge on any atom is 0.250 e. The Morgan fingerprint density at radius 2 is 1.57 bits per heavy atom. The fourth-order valence-corrected chi connectivity index (χ4v) is 0.853. The Labute approximate surface area is 79.7 Å². The summed E-state index contributed by atoms with van der Waals surface area (Å²) in [7, 11) is 0. The van der Waals surface area contributed by atoms with E-state index in [9.17, 15) is 18.4 Å². The van der Waals surface area contributed by atoms with Crippen LogP contribution in [-0.4, -0.2) is 31.2 Å². The molecule has 4 nitrogen and oxygen atoms in total. The number of carbonyl (C=O) groups excluding carboxylic acids is 2.